The molecule has 3 aromatic heterocycles. The first-order valence-electron chi connectivity index (χ1n) is 10.3. The number of methoxy groups -OCH3 is 1. The van der Waals surface area contributed by atoms with Gasteiger partial charge in [0, 0.05) is 30.1 Å². The van der Waals surface area contributed by atoms with Crippen molar-refractivity contribution in [2.24, 2.45) is 0 Å². The van der Waals surface area contributed by atoms with Crippen LogP contribution in [0.15, 0.2) is 18.3 Å². The molecule has 0 aromatic carbocycles. The summed E-state index contributed by atoms with van der Waals surface area (Å²) in [6.07, 6.45) is 5.48. The van der Waals surface area contributed by atoms with Crippen molar-refractivity contribution in [3.05, 3.63) is 35.7 Å². The molecule has 1 aliphatic heterocycles. The van der Waals surface area contributed by atoms with Gasteiger partial charge in [-0.1, -0.05) is 0 Å². The van der Waals surface area contributed by atoms with Gasteiger partial charge >= 0.3 is 0 Å². The van der Waals surface area contributed by atoms with Gasteiger partial charge in [0.1, 0.15) is 22.8 Å². The van der Waals surface area contributed by atoms with Crippen molar-refractivity contribution < 1.29 is 13.5 Å². The summed E-state index contributed by atoms with van der Waals surface area (Å²) in [6, 6.07) is 2.85. The molecule has 0 radical (unpaired) electrons. The molecule has 9 heteroatoms. The minimum atomic E-state index is -0.750. The lowest BCUT2D eigenvalue weighted by Crippen LogP contribution is -2.46. The van der Waals surface area contributed by atoms with Crippen LogP contribution in [-0.4, -0.2) is 45.3 Å². The van der Waals surface area contributed by atoms with E-state index in [2.05, 4.69) is 25.7 Å². The Hall–Kier alpha value is -2.81. The van der Waals surface area contributed by atoms with E-state index >= 15 is 0 Å². The topological polar surface area (TPSA) is 76.4 Å². The molecule has 1 saturated carbocycles. The van der Waals surface area contributed by atoms with E-state index in [4.69, 9.17) is 4.74 Å². The van der Waals surface area contributed by atoms with Crippen LogP contribution >= 0.6 is 0 Å². The molecule has 4 heterocycles. The second kappa shape index (κ2) is 7.46. The molecule has 2 N–H and O–H groups in total. The van der Waals surface area contributed by atoms with E-state index < -0.39 is 11.6 Å². The molecule has 2 fully saturated rings. The third kappa shape index (κ3) is 3.36. The summed E-state index contributed by atoms with van der Waals surface area (Å²) in [5.74, 6) is -0.409. The Balaban J connectivity index is 1.56. The predicted molar refractivity (Wildman–Crippen MR) is 109 cm³/mol. The number of piperidine rings is 1. The van der Waals surface area contributed by atoms with Gasteiger partial charge in [-0.05, 0) is 39.2 Å². The van der Waals surface area contributed by atoms with Crippen LogP contribution in [0.5, 0.6) is 5.75 Å². The smallest absolute Gasteiger partial charge is 0.168 e. The summed E-state index contributed by atoms with van der Waals surface area (Å²) in [7, 11) is 1.60. The third-order valence-electron chi connectivity index (χ3n) is 5.92. The van der Waals surface area contributed by atoms with Gasteiger partial charge in [-0.2, -0.15) is 5.10 Å². The van der Waals surface area contributed by atoms with Crippen LogP contribution in [0.2, 0.25) is 0 Å². The molecule has 5 rings (SSSR count). The van der Waals surface area contributed by atoms with E-state index in [1.54, 1.807) is 17.7 Å². The van der Waals surface area contributed by atoms with Crippen LogP contribution in [0.25, 0.3) is 17.0 Å². The monoisotopic (exact) mass is 414 g/mol. The van der Waals surface area contributed by atoms with E-state index in [1.165, 1.54) is 6.20 Å². The number of halogens is 2. The number of nitrogens with zero attached hydrogens (tertiary/aromatic N) is 4. The maximum atomic E-state index is 14.8. The quantitative estimate of drug-likeness (QED) is 0.666. The van der Waals surface area contributed by atoms with Crippen LogP contribution in [0.3, 0.4) is 0 Å². The average Bonchev–Trinajstić information content (AvgIpc) is 3.51. The number of rotatable bonds is 5. The fourth-order valence-electron chi connectivity index (χ4n) is 4.04. The van der Waals surface area contributed by atoms with Crippen molar-refractivity contribution >= 4 is 11.5 Å². The number of fused-ring (bicyclic) bond motifs is 1. The zero-order chi connectivity index (χ0) is 20.8. The second-order valence-electron chi connectivity index (χ2n) is 8.07. The second-order valence-corrected chi connectivity index (χ2v) is 8.07. The molecule has 2 atom stereocenters. The molecule has 0 bridgehead atoms. The highest BCUT2D eigenvalue weighted by molar-refractivity contribution is 5.63. The maximum Gasteiger partial charge on any atom is 0.168 e. The Morgan fingerprint density at radius 1 is 1.20 bits per heavy atom. The highest BCUT2D eigenvalue weighted by atomic mass is 19.1. The highest BCUT2D eigenvalue weighted by Gasteiger charge is 2.30. The number of hydrogen-bond donors (Lipinski definition) is 2. The van der Waals surface area contributed by atoms with Crippen LogP contribution in [0.1, 0.15) is 44.2 Å². The molecule has 0 unspecified atom stereocenters. The molecule has 30 heavy (non-hydrogen) atoms. The number of pyridine rings is 1. The number of imidazole rings is 1. The summed E-state index contributed by atoms with van der Waals surface area (Å²) in [4.78, 5) is 8.64. The molecule has 2 aliphatic rings. The van der Waals surface area contributed by atoms with Crippen molar-refractivity contribution in [3.8, 4) is 17.1 Å². The van der Waals surface area contributed by atoms with Gasteiger partial charge in [-0.15, -0.1) is 0 Å². The first kappa shape index (κ1) is 19.2. The van der Waals surface area contributed by atoms with Gasteiger partial charge in [0.15, 0.2) is 23.1 Å². The highest BCUT2D eigenvalue weighted by Crippen LogP contribution is 2.43. The van der Waals surface area contributed by atoms with E-state index in [0.29, 0.717) is 23.0 Å². The average molecular weight is 414 g/mol. The Labute approximate surface area is 172 Å². The largest absolute Gasteiger partial charge is 0.495 e. The Morgan fingerprint density at radius 2 is 2.03 bits per heavy atom. The van der Waals surface area contributed by atoms with Crippen LogP contribution in [0.4, 0.5) is 14.6 Å². The predicted octanol–water partition coefficient (Wildman–Crippen LogP) is 3.51. The van der Waals surface area contributed by atoms with Crippen LogP contribution in [-0.2, 0) is 0 Å². The zero-order valence-electron chi connectivity index (χ0n) is 17.0. The molecule has 0 amide bonds. The summed E-state index contributed by atoms with van der Waals surface area (Å²) in [6.45, 7) is 2.98. The lowest BCUT2D eigenvalue weighted by molar-refractivity contribution is 0.387. The van der Waals surface area contributed by atoms with E-state index in [9.17, 15) is 8.78 Å². The fourth-order valence-corrected chi connectivity index (χ4v) is 4.04. The van der Waals surface area contributed by atoms with Crippen LogP contribution < -0.4 is 15.4 Å². The van der Waals surface area contributed by atoms with Crippen molar-refractivity contribution in [2.45, 2.75) is 50.6 Å². The minimum absolute atomic E-state index is 0.0160. The summed E-state index contributed by atoms with van der Waals surface area (Å²) < 4.78 is 36.3. The summed E-state index contributed by atoms with van der Waals surface area (Å²) >= 11 is 0. The van der Waals surface area contributed by atoms with Gasteiger partial charge in [-0.3, -0.25) is 0 Å². The number of aromatic nitrogens is 4. The molecule has 7 nitrogen and oxygen atoms in total. The molecule has 1 saturated heterocycles. The molecule has 3 aromatic rings. The number of hydrogen-bond acceptors (Lipinski definition) is 6. The van der Waals surface area contributed by atoms with Gasteiger partial charge in [0.2, 0.25) is 0 Å². The summed E-state index contributed by atoms with van der Waals surface area (Å²) in [5.41, 5.74) is 1.75. The fraction of sp³-hybridized carbons (Fsp3) is 0.476. The lowest BCUT2D eigenvalue weighted by atomic mass is 10.00. The van der Waals surface area contributed by atoms with E-state index in [1.807, 2.05) is 6.92 Å². The SMILES string of the molecule is COc1cc2ncc(-c3nc(N[C@@H]4CCCN[C@H]4C)c(F)cc3F)n2nc1C1CC1. The van der Waals surface area contributed by atoms with Crippen LogP contribution in [0, 0.1) is 11.6 Å². The minimum Gasteiger partial charge on any atom is -0.495 e. The lowest BCUT2D eigenvalue weighted by Gasteiger charge is -2.31. The number of nitrogens with one attached hydrogen (secondary N) is 2. The van der Waals surface area contributed by atoms with Gasteiger partial charge in [-0.25, -0.2) is 23.3 Å². The molecule has 1 aliphatic carbocycles. The maximum absolute atomic E-state index is 14.8. The standard InChI is InChI=1S/C21H24F2N6O/c1-11-15(4-3-7-24-11)26-21-14(23)8-13(22)20(27-21)16-10-25-18-9-17(30-2)19(12-5-6-12)28-29(16)18/h8-12,15,24H,3-7H2,1-2H3,(H,26,27)/t11-,15+/m0/s1. The van der Waals surface area contributed by atoms with E-state index in [0.717, 1.165) is 44.0 Å². The van der Waals surface area contributed by atoms with Crippen molar-refractivity contribution in [2.75, 3.05) is 19.0 Å². The third-order valence-corrected chi connectivity index (χ3v) is 5.92. The van der Waals surface area contributed by atoms with Crippen molar-refractivity contribution in [1.82, 2.24) is 24.9 Å². The van der Waals surface area contributed by atoms with Gasteiger partial charge in [0.25, 0.3) is 0 Å². The van der Waals surface area contributed by atoms with Crippen molar-refractivity contribution in [3.63, 3.8) is 0 Å². The Bertz CT molecular complexity index is 1100. The first-order chi connectivity index (χ1) is 14.5. The van der Waals surface area contributed by atoms with Crippen molar-refractivity contribution in [1.29, 1.82) is 0 Å². The molecular formula is C21H24F2N6O. The Morgan fingerprint density at radius 3 is 2.77 bits per heavy atom. The molecular weight excluding hydrogens is 390 g/mol. The number of anilines is 1. The molecule has 0 spiro atoms. The van der Waals surface area contributed by atoms with Gasteiger partial charge < -0.3 is 15.4 Å². The summed E-state index contributed by atoms with van der Waals surface area (Å²) in [5, 5.41) is 11.2. The zero-order valence-corrected chi connectivity index (χ0v) is 17.0. The Kier molecular flexibility index (Phi) is 4.77. The normalized spacial score (nSPS) is 21.7. The van der Waals surface area contributed by atoms with Gasteiger partial charge in [0.05, 0.1) is 13.3 Å². The number of ether oxygens (including phenoxy) is 1. The van der Waals surface area contributed by atoms with E-state index in [-0.39, 0.29) is 23.6 Å². The molecule has 158 valence electrons. The first-order valence-corrected chi connectivity index (χ1v) is 10.3.